The highest BCUT2D eigenvalue weighted by Crippen LogP contribution is 2.40. The minimum Gasteiger partial charge on any atom is -0.507 e. The van der Waals surface area contributed by atoms with Crippen molar-refractivity contribution < 1.29 is 9.50 Å². The van der Waals surface area contributed by atoms with Crippen LogP contribution in [0.4, 0.5) is 4.39 Å². The summed E-state index contributed by atoms with van der Waals surface area (Å²) in [4.78, 5) is 0. The minimum absolute atomic E-state index is 0.0537. The van der Waals surface area contributed by atoms with Crippen LogP contribution in [0.2, 0.25) is 5.02 Å². The number of hydrogen-bond donors (Lipinski definition) is 1. The summed E-state index contributed by atoms with van der Waals surface area (Å²) in [6, 6.07) is 8.60. The third-order valence-electron chi connectivity index (χ3n) is 3.72. The Labute approximate surface area is 128 Å². The van der Waals surface area contributed by atoms with Crippen molar-refractivity contribution >= 4 is 22.7 Å². The zero-order valence-electron chi connectivity index (χ0n) is 11.6. The van der Waals surface area contributed by atoms with Crippen LogP contribution in [-0.4, -0.2) is 5.11 Å². The summed E-state index contributed by atoms with van der Waals surface area (Å²) in [5, 5.41) is 10.7. The second-order valence-electron chi connectivity index (χ2n) is 5.28. The molecule has 0 saturated carbocycles. The molecule has 1 aliphatic carbocycles. The maximum absolute atomic E-state index is 14.2. The Morgan fingerprint density at radius 1 is 1.29 bits per heavy atom. The number of halogens is 2. The Morgan fingerprint density at radius 3 is 2.76 bits per heavy atom. The number of benzene rings is 2. The quantitative estimate of drug-likeness (QED) is 0.772. The molecule has 1 N–H and O–H groups in total. The van der Waals surface area contributed by atoms with Gasteiger partial charge in [-0.2, -0.15) is 0 Å². The molecule has 0 saturated heterocycles. The SMILES string of the molecule is C=C1C=C(c2c(O)cc(C)cc2F)Cc2c(Cl)cccc21. The van der Waals surface area contributed by atoms with Crippen molar-refractivity contribution in [3.63, 3.8) is 0 Å². The number of aromatic hydroxyl groups is 1. The number of aryl methyl sites for hydroxylation is 1. The van der Waals surface area contributed by atoms with Gasteiger partial charge in [-0.1, -0.05) is 36.4 Å². The average Bonchev–Trinajstić information content (AvgIpc) is 2.39. The number of allylic oxidation sites excluding steroid dienone is 3. The topological polar surface area (TPSA) is 20.2 Å². The molecule has 0 aromatic heterocycles. The highest BCUT2D eigenvalue weighted by atomic mass is 35.5. The predicted molar refractivity (Wildman–Crippen MR) is 85.0 cm³/mol. The Morgan fingerprint density at radius 2 is 2.05 bits per heavy atom. The van der Waals surface area contributed by atoms with Crippen molar-refractivity contribution in [3.05, 3.63) is 76.1 Å². The third kappa shape index (κ3) is 2.36. The highest BCUT2D eigenvalue weighted by molar-refractivity contribution is 6.31. The molecule has 0 atom stereocenters. The minimum atomic E-state index is -0.429. The summed E-state index contributed by atoms with van der Waals surface area (Å²) in [6.45, 7) is 5.75. The van der Waals surface area contributed by atoms with Crippen molar-refractivity contribution in [3.8, 4) is 5.75 Å². The van der Waals surface area contributed by atoms with Crippen LogP contribution in [-0.2, 0) is 6.42 Å². The van der Waals surface area contributed by atoms with E-state index in [1.807, 2.05) is 24.3 Å². The first-order valence-corrected chi connectivity index (χ1v) is 7.02. The molecule has 0 spiro atoms. The van der Waals surface area contributed by atoms with Crippen molar-refractivity contribution in [2.75, 3.05) is 0 Å². The zero-order chi connectivity index (χ0) is 15.1. The summed E-state index contributed by atoms with van der Waals surface area (Å²) in [5.41, 5.74) is 4.26. The fraction of sp³-hybridized carbons (Fsp3) is 0.111. The van der Waals surface area contributed by atoms with Gasteiger partial charge in [0.15, 0.2) is 0 Å². The standard InChI is InChI=1S/C18H14ClFO/c1-10-6-16(20)18(17(21)7-10)12-8-11(2)13-4-3-5-15(19)14(13)9-12/h3-8,21H,2,9H2,1H3. The van der Waals surface area contributed by atoms with Gasteiger partial charge in [0.05, 0.1) is 5.56 Å². The van der Waals surface area contributed by atoms with Crippen LogP contribution in [0.1, 0.15) is 22.3 Å². The fourth-order valence-corrected chi connectivity index (χ4v) is 3.01. The average molecular weight is 301 g/mol. The molecule has 0 fully saturated rings. The summed E-state index contributed by atoms with van der Waals surface area (Å²) in [6.07, 6.45) is 2.29. The maximum atomic E-state index is 14.2. The van der Waals surface area contributed by atoms with Gasteiger partial charge in [-0.3, -0.25) is 0 Å². The number of phenolic OH excluding ortho intramolecular Hbond substituents is 1. The highest BCUT2D eigenvalue weighted by Gasteiger charge is 2.21. The van der Waals surface area contributed by atoms with E-state index < -0.39 is 5.82 Å². The first-order valence-electron chi connectivity index (χ1n) is 6.64. The van der Waals surface area contributed by atoms with Gasteiger partial charge in [0.1, 0.15) is 11.6 Å². The van der Waals surface area contributed by atoms with Gasteiger partial charge >= 0.3 is 0 Å². The smallest absolute Gasteiger partial charge is 0.134 e. The monoisotopic (exact) mass is 300 g/mol. The van der Waals surface area contributed by atoms with Crippen LogP contribution in [0.25, 0.3) is 11.1 Å². The molecule has 1 nitrogen and oxygen atoms in total. The van der Waals surface area contributed by atoms with Gasteiger partial charge in [0.2, 0.25) is 0 Å². The second kappa shape index (κ2) is 5.05. The molecule has 0 radical (unpaired) electrons. The molecular formula is C18H14ClFO. The molecular weight excluding hydrogens is 287 g/mol. The molecule has 0 aliphatic heterocycles. The molecule has 0 unspecified atom stereocenters. The molecule has 0 heterocycles. The Hall–Kier alpha value is -2.06. The van der Waals surface area contributed by atoms with E-state index >= 15 is 0 Å². The van der Waals surface area contributed by atoms with Crippen molar-refractivity contribution in [2.24, 2.45) is 0 Å². The third-order valence-corrected chi connectivity index (χ3v) is 4.07. The largest absolute Gasteiger partial charge is 0.507 e. The van der Waals surface area contributed by atoms with Crippen LogP contribution in [0, 0.1) is 12.7 Å². The predicted octanol–water partition coefficient (Wildman–Crippen LogP) is 5.15. The van der Waals surface area contributed by atoms with Crippen LogP contribution < -0.4 is 0 Å². The molecule has 0 bridgehead atoms. The lowest BCUT2D eigenvalue weighted by Gasteiger charge is -2.21. The van der Waals surface area contributed by atoms with E-state index in [0.717, 1.165) is 16.7 Å². The van der Waals surface area contributed by atoms with Gasteiger partial charge in [0.25, 0.3) is 0 Å². The Balaban J connectivity index is 2.15. The van der Waals surface area contributed by atoms with Gasteiger partial charge in [0, 0.05) is 11.4 Å². The number of rotatable bonds is 1. The first-order chi connectivity index (χ1) is 9.97. The molecule has 3 heteroatoms. The van der Waals surface area contributed by atoms with Gasteiger partial charge in [-0.15, -0.1) is 0 Å². The molecule has 2 aromatic carbocycles. The van der Waals surface area contributed by atoms with E-state index in [1.54, 1.807) is 13.0 Å². The van der Waals surface area contributed by atoms with Gasteiger partial charge in [-0.25, -0.2) is 4.39 Å². The van der Waals surface area contributed by atoms with Crippen LogP contribution in [0.3, 0.4) is 0 Å². The maximum Gasteiger partial charge on any atom is 0.134 e. The summed E-state index contributed by atoms with van der Waals surface area (Å²) >= 11 is 6.24. The van der Waals surface area contributed by atoms with Crippen molar-refractivity contribution in [1.82, 2.24) is 0 Å². The molecule has 3 rings (SSSR count). The number of phenols is 1. The Kier molecular flexibility index (Phi) is 3.34. The first kappa shape index (κ1) is 13.9. The zero-order valence-corrected chi connectivity index (χ0v) is 12.3. The number of fused-ring (bicyclic) bond motifs is 1. The summed E-state index contributed by atoms with van der Waals surface area (Å²) < 4.78 is 14.2. The van der Waals surface area contributed by atoms with Gasteiger partial charge < -0.3 is 5.11 Å². The second-order valence-corrected chi connectivity index (χ2v) is 5.69. The van der Waals surface area contributed by atoms with E-state index in [-0.39, 0.29) is 11.3 Å². The van der Waals surface area contributed by atoms with Crippen molar-refractivity contribution in [2.45, 2.75) is 13.3 Å². The van der Waals surface area contributed by atoms with Crippen LogP contribution in [0.5, 0.6) is 5.75 Å². The van der Waals surface area contributed by atoms with Crippen molar-refractivity contribution in [1.29, 1.82) is 0 Å². The van der Waals surface area contributed by atoms with Crippen LogP contribution in [0.15, 0.2) is 43.0 Å². The molecule has 2 aromatic rings. The molecule has 106 valence electrons. The van der Waals surface area contributed by atoms with E-state index in [2.05, 4.69) is 6.58 Å². The molecule has 1 aliphatic rings. The fourth-order valence-electron chi connectivity index (χ4n) is 2.77. The van der Waals surface area contributed by atoms with E-state index in [1.165, 1.54) is 6.07 Å². The lowest BCUT2D eigenvalue weighted by atomic mass is 9.85. The summed E-state index contributed by atoms with van der Waals surface area (Å²) in [7, 11) is 0. The molecule has 0 amide bonds. The lowest BCUT2D eigenvalue weighted by Crippen LogP contribution is -2.04. The number of hydrogen-bond acceptors (Lipinski definition) is 1. The van der Waals surface area contributed by atoms with E-state index in [4.69, 9.17) is 11.6 Å². The Bertz CT molecular complexity index is 767. The van der Waals surface area contributed by atoms with E-state index in [9.17, 15) is 9.50 Å². The van der Waals surface area contributed by atoms with Crippen LogP contribution >= 0.6 is 11.6 Å². The molecule has 21 heavy (non-hydrogen) atoms. The van der Waals surface area contributed by atoms with E-state index in [0.29, 0.717) is 22.6 Å². The normalized spacial score (nSPS) is 13.9. The lowest BCUT2D eigenvalue weighted by molar-refractivity contribution is 0.465. The van der Waals surface area contributed by atoms with Gasteiger partial charge in [-0.05, 0) is 53.0 Å². The summed E-state index contributed by atoms with van der Waals surface area (Å²) in [5.74, 6) is -0.482.